The van der Waals surface area contributed by atoms with Gasteiger partial charge in [-0.3, -0.25) is 4.79 Å². The van der Waals surface area contributed by atoms with Crippen LogP contribution >= 0.6 is 23.2 Å². The van der Waals surface area contributed by atoms with Gasteiger partial charge >= 0.3 is 5.97 Å². The third-order valence-electron chi connectivity index (χ3n) is 3.47. The molecule has 2 rings (SSSR count). The molecule has 2 aromatic rings. The fourth-order valence-corrected chi connectivity index (χ4v) is 2.57. The molecule has 0 saturated carbocycles. The summed E-state index contributed by atoms with van der Waals surface area (Å²) in [5.41, 5.74) is 1.58. The largest absolute Gasteiger partial charge is 0.462 e. The Hall–Kier alpha value is -2.30. The van der Waals surface area contributed by atoms with Crippen LogP contribution < -0.4 is 5.32 Å². The molecule has 0 atom stereocenters. The number of hydrogen-bond donors (Lipinski definition) is 1. The number of halogens is 2. The van der Waals surface area contributed by atoms with Crippen LogP contribution in [0.3, 0.4) is 0 Å². The molecule has 0 aliphatic carbocycles. The van der Waals surface area contributed by atoms with E-state index >= 15 is 0 Å². The average Bonchev–Trinajstić information content (AvgIpc) is 2.61. The van der Waals surface area contributed by atoms with Crippen LogP contribution in [0.2, 0.25) is 10.0 Å². The van der Waals surface area contributed by atoms with Crippen molar-refractivity contribution in [2.45, 2.75) is 19.8 Å². The smallest absolute Gasteiger partial charge is 0.338 e. The number of benzene rings is 2. The van der Waals surface area contributed by atoms with E-state index in [9.17, 15) is 9.59 Å². The van der Waals surface area contributed by atoms with Crippen molar-refractivity contribution in [1.29, 1.82) is 0 Å². The average molecular weight is 392 g/mol. The van der Waals surface area contributed by atoms with Gasteiger partial charge in [0.1, 0.15) is 0 Å². The number of carbonyl (C=O) groups is 2. The molecule has 2 aromatic carbocycles. The zero-order valence-electron chi connectivity index (χ0n) is 14.3. The van der Waals surface area contributed by atoms with Crippen molar-refractivity contribution < 1.29 is 14.3 Å². The van der Waals surface area contributed by atoms with Gasteiger partial charge in [-0.05, 0) is 48.4 Å². The summed E-state index contributed by atoms with van der Waals surface area (Å²) in [5.74, 6) is -0.745. The summed E-state index contributed by atoms with van der Waals surface area (Å²) in [5, 5.41) is 3.69. The van der Waals surface area contributed by atoms with Crippen LogP contribution in [-0.4, -0.2) is 18.5 Å². The minimum atomic E-state index is -0.405. The van der Waals surface area contributed by atoms with Crippen LogP contribution in [0.4, 0.5) is 5.69 Å². The Morgan fingerprint density at radius 1 is 1.15 bits per heavy atom. The molecule has 0 spiro atoms. The van der Waals surface area contributed by atoms with Crippen LogP contribution in [0.15, 0.2) is 48.5 Å². The van der Waals surface area contributed by atoms with Gasteiger partial charge in [0.2, 0.25) is 5.91 Å². The highest BCUT2D eigenvalue weighted by Crippen LogP contribution is 2.22. The van der Waals surface area contributed by atoms with Crippen molar-refractivity contribution in [3.8, 4) is 0 Å². The first-order valence-electron chi connectivity index (χ1n) is 8.21. The minimum Gasteiger partial charge on any atom is -0.462 e. The summed E-state index contributed by atoms with van der Waals surface area (Å²) in [7, 11) is 0. The van der Waals surface area contributed by atoms with Crippen molar-refractivity contribution in [2.75, 3.05) is 11.9 Å². The number of ether oxygens (including phenoxy) is 1. The summed E-state index contributed by atoms with van der Waals surface area (Å²) >= 11 is 11.9. The molecule has 0 bridgehead atoms. The number of rotatable bonds is 7. The number of carbonyl (C=O) groups excluding carboxylic acids is 2. The van der Waals surface area contributed by atoms with Gasteiger partial charge in [0, 0.05) is 21.8 Å². The van der Waals surface area contributed by atoms with Gasteiger partial charge < -0.3 is 10.1 Å². The molecule has 0 aliphatic rings. The SMILES string of the molecule is CCCCOC(=O)c1cccc(NC(=O)/C=C/c2ccc(Cl)cc2Cl)c1. The highest BCUT2D eigenvalue weighted by molar-refractivity contribution is 6.35. The number of esters is 1. The molecule has 0 fully saturated rings. The second kappa shape index (κ2) is 10.00. The molecule has 1 N–H and O–H groups in total. The molecule has 0 heterocycles. The van der Waals surface area contributed by atoms with Gasteiger partial charge in [-0.15, -0.1) is 0 Å². The van der Waals surface area contributed by atoms with Crippen LogP contribution in [0.25, 0.3) is 6.08 Å². The lowest BCUT2D eigenvalue weighted by molar-refractivity contribution is -0.111. The Balaban J connectivity index is 1.99. The fraction of sp³-hybridized carbons (Fsp3) is 0.200. The highest BCUT2D eigenvalue weighted by Gasteiger charge is 2.08. The molecular weight excluding hydrogens is 373 g/mol. The maximum absolute atomic E-state index is 12.1. The van der Waals surface area contributed by atoms with E-state index in [1.54, 1.807) is 48.5 Å². The van der Waals surface area contributed by atoms with Crippen molar-refractivity contribution in [2.24, 2.45) is 0 Å². The number of unbranched alkanes of at least 4 members (excludes halogenated alkanes) is 1. The number of amides is 1. The molecular formula is C20H19Cl2NO3. The Labute approximate surface area is 162 Å². The van der Waals surface area contributed by atoms with E-state index in [1.165, 1.54) is 6.08 Å². The van der Waals surface area contributed by atoms with E-state index in [-0.39, 0.29) is 5.91 Å². The lowest BCUT2D eigenvalue weighted by Crippen LogP contribution is -2.10. The third kappa shape index (κ3) is 6.21. The summed E-state index contributed by atoms with van der Waals surface area (Å²) in [6, 6.07) is 11.6. The highest BCUT2D eigenvalue weighted by atomic mass is 35.5. The van der Waals surface area contributed by atoms with E-state index in [1.807, 2.05) is 6.92 Å². The normalized spacial score (nSPS) is 10.7. The zero-order valence-corrected chi connectivity index (χ0v) is 15.8. The number of anilines is 1. The van der Waals surface area contributed by atoms with Gasteiger partial charge in [-0.1, -0.05) is 48.7 Å². The molecule has 0 saturated heterocycles. The summed E-state index contributed by atoms with van der Waals surface area (Å²) in [4.78, 5) is 24.0. The van der Waals surface area contributed by atoms with Crippen molar-refractivity contribution in [1.82, 2.24) is 0 Å². The topological polar surface area (TPSA) is 55.4 Å². The Morgan fingerprint density at radius 2 is 1.96 bits per heavy atom. The molecule has 1 amide bonds. The van der Waals surface area contributed by atoms with Crippen LogP contribution in [0, 0.1) is 0 Å². The molecule has 0 aromatic heterocycles. The number of hydrogen-bond acceptors (Lipinski definition) is 3. The molecule has 0 radical (unpaired) electrons. The van der Waals surface area contributed by atoms with E-state index in [0.717, 1.165) is 12.8 Å². The molecule has 4 nitrogen and oxygen atoms in total. The van der Waals surface area contributed by atoms with Gasteiger partial charge in [-0.25, -0.2) is 4.79 Å². The standard InChI is InChI=1S/C20H19Cl2NO3/c1-2-3-11-26-20(25)15-5-4-6-17(12-15)23-19(24)10-8-14-7-9-16(21)13-18(14)22/h4-10,12-13H,2-3,11H2,1H3,(H,23,24)/b10-8+. The summed E-state index contributed by atoms with van der Waals surface area (Å²) < 4.78 is 5.17. The van der Waals surface area contributed by atoms with E-state index in [4.69, 9.17) is 27.9 Å². The Kier molecular flexibility index (Phi) is 7.70. The molecule has 136 valence electrons. The number of nitrogens with one attached hydrogen (secondary N) is 1. The van der Waals surface area contributed by atoms with E-state index < -0.39 is 5.97 Å². The Morgan fingerprint density at radius 3 is 2.69 bits per heavy atom. The van der Waals surface area contributed by atoms with Crippen molar-refractivity contribution >= 4 is 46.8 Å². The first-order valence-corrected chi connectivity index (χ1v) is 8.96. The molecule has 0 unspecified atom stereocenters. The van der Waals surface area contributed by atoms with Crippen molar-refractivity contribution in [3.63, 3.8) is 0 Å². The van der Waals surface area contributed by atoms with E-state index in [0.29, 0.717) is 33.5 Å². The molecule has 26 heavy (non-hydrogen) atoms. The second-order valence-electron chi connectivity index (χ2n) is 5.56. The first-order chi connectivity index (χ1) is 12.5. The van der Waals surface area contributed by atoms with Gasteiger partial charge in [0.25, 0.3) is 0 Å². The summed E-state index contributed by atoms with van der Waals surface area (Å²) in [6.07, 6.45) is 4.73. The minimum absolute atomic E-state index is 0.340. The van der Waals surface area contributed by atoms with Crippen molar-refractivity contribution in [3.05, 3.63) is 69.7 Å². The fourth-order valence-electron chi connectivity index (χ4n) is 2.10. The lowest BCUT2D eigenvalue weighted by atomic mass is 10.2. The monoisotopic (exact) mass is 391 g/mol. The summed E-state index contributed by atoms with van der Waals surface area (Å²) in [6.45, 7) is 2.41. The predicted octanol–water partition coefficient (Wildman–Crippen LogP) is 5.60. The molecule has 6 heteroatoms. The lowest BCUT2D eigenvalue weighted by Gasteiger charge is -2.06. The zero-order chi connectivity index (χ0) is 18.9. The Bertz CT molecular complexity index is 818. The van der Waals surface area contributed by atoms with Crippen LogP contribution in [0.5, 0.6) is 0 Å². The quantitative estimate of drug-likeness (QED) is 0.379. The van der Waals surface area contributed by atoms with Gasteiger partial charge in [0.15, 0.2) is 0 Å². The predicted molar refractivity (Wildman–Crippen MR) is 106 cm³/mol. The first kappa shape index (κ1) is 20.0. The van der Waals surface area contributed by atoms with E-state index in [2.05, 4.69) is 5.32 Å². The maximum atomic E-state index is 12.1. The third-order valence-corrected chi connectivity index (χ3v) is 4.04. The second-order valence-corrected chi connectivity index (χ2v) is 6.40. The van der Waals surface area contributed by atoms with Crippen LogP contribution in [-0.2, 0) is 9.53 Å². The van der Waals surface area contributed by atoms with Gasteiger partial charge in [-0.2, -0.15) is 0 Å². The van der Waals surface area contributed by atoms with Crippen LogP contribution in [0.1, 0.15) is 35.7 Å². The molecule has 0 aliphatic heterocycles. The van der Waals surface area contributed by atoms with Gasteiger partial charge in [0.05, 0.1) is 12.2 Å². The maximum Gasteiger partial charge on any atom is 0.338 e.